The quantitative estimate of drug-likeness (QED) is 0.247. The van der Waals surface area contributed by atoms with Gasteiger partial charge in [0.25, 0.3) is 0 Å². The molecule has 0 radical (unpaired) electrons. The van der Waals surface area contributed by atoms with Gasteiger partial charge in [0, 0.05) is 18.3 Å². The van der Waals surface area contributed by atoms with E-state index in [1.807, 2.05) is 24.3 Å². The Morgan fingerprint density at radius 1 is 0.769 bits per heavy atom. The third-order valence-corrected chi connectivity index (χ3v) is 7.91. The molecule has 8 nitrogen and oxygen atoms in total. The molecule has 6 rings (SSSR count). The van der Waals surface area contributed by atoms with Crippen LogP contribution >= 0.6 is 0 Å². The SMILES string of the molecule is COc1cc2c(cc1OC)C(CCC(=O)OCC1CO1)(CCC(=O)OCC1CO1)c1cc3ccccc3cc1-2. The molecule has 1 aliphatic carbocycles. The van der Waals surface area contributed by atoms with Crippen LogP contribution in [0.15, 0.2) is 48.5 Å². The van der Waals surface area contributed by atoms with Gasteiger partial charge in [0.15, 0.2) is 11.5 Å². The zero-order chi connectivity index (χ0) is 27.0. The summed E-state index contributed by atoms with van der Waals surface area (Å²) in [7, 11) is 3.23. The van der Waals surface area contributed by atoms with Gasteiger partial charge in [-0.05, 0) is 70.1 Å². The van der Waals surface area contributed by atoms with Crippen molar-refractivity contribution in [2.45, 2.75) is 43.3 Å². The van der Waals surface area contributed by atoms with E-state index in [9.17, 15) is 9.59 Å². The molecule has 3 aromatic rings. The summed E-state index contributed by atoms with van der Waals surface area (Å²) >= 11 is 0. The maximum atomic E-state index is 12.8. The average Bonchev–Trinajstić information content (AvgIpc) is 3.90. The molecule has 2 aliphatic heterocycles. The molecular formula is C31H32O8. The van der Waals surface area contributed by atoms with Gasteiger partial charge in [0.05, 0.1) is 27.4 Å². The van der Waals surface area contributed by atoms with Gasteiger partial charge < -0.3 is 28.4 Å². The van der Waals surface area contributed by atoms with Crippen molar-refractivity contribution < 1.29 is 38.0 Å². The standard InChI is InChI=1S/C31H32O8/c1-34-27-13-24-23-11-19-5-3-4-6-20(19)12-25(23)31(26(24)14-28(27)35-2,9-7-29(32)38-17-21-15-36-21)10-8-30(33)39-18-22-16-37-22/h3-6,11-14,21-22H,7-10,15-18H2,1-2H3. The van der Waals surface area contributed by atoms with Crippen LogP contribution in [-0.4, -0.2) is 64.8 Å². The van der Waals surface area contributed by atoms with E-state index in [-0.39, 0.29) is 50.2 Å². The highest BCUT2D eigenvalue weighted by atomic mass is 16.6. The number of hydrogen-bond donors (Lipinski definition) is 0. The number of ether oxygens (including phenoxy) is 6. The monoisotopic (exact) mass is 532 g/mol. The summed E-state index contributed by atoms with van der Waals surface area (Å²) in [6.45, 7) is 1.79. The smallest absolute Gasteiger partial charge is 0.305 e. The number of fused-ring (bicyclic) bond motifs is 4. The van der Waals surface area contributed by atoms with Crippen LogP contribution in [-0.2, 0) is 34.0 Å². The van der Waals surface area contributed by atoms with Gasteiger partial charge in [-0.3, -0.25) is 9.59 Å². The summed E-state index contributed by atoms with van der Waals surface area (Å²) in [5, 5.41) is 2.20. The largest absolute Gasteiger partial charge is 0.493 e. The minimum Gasteiger partial charge on any atom is -0.493 e. The summed E-state index contributed by atoms with van der Waals surface area (Å²) in [4.78, 5) is 25.7. The lowest BCUT2D eigenvalue weighted by atomic mass is 9.71. The van der Waals surface area contributed by atoms with Gasteiger partial charge in [0.1, 0.15) is 25.4 Å². The van der Waals surface area contributed by atoms with Crippen molar-refractivity contribution in [3.05, 3.63) is 59.7 Å². The number of methoxy groups -OCH3 is 2. The molecule has 2 atom stereocenters. The zero-order valence-electron chi connectivity index (χ0n) is 22.2. The van der Waals surface area contributed by atoms with Crippen LogP contribution in [0.3, 0.4) is 0 Å². The number of hydrogen-bond acceptors (Lipinski definition) is 8. The fourth-order valence-electron chi connectivity index (χ4n) is 5.64. The Hall–Kier alpha value is -3.62. The van der Waals surface area contributed by atoms with E-state index in [0.29, 0.717) is 37.6 Å². The van der Waals surface area contributed by atoms with E-state index in [4.69, 9.17) is 28.4 Å². The highest BCUT2D eigenvalue weighted by Gasteiger charge is 2.45. The minimum absolute atomic E-state index is 0.00384. The molecule has 2 unspecified atom stereocenters. The molecule has 0 N–H and O–H groups in total. The molecule has 0 amide bonds. The molecule has 2 saturated heterocycles. The normalized spacial score (nSPS) is 22.1. The first-order chi connectivity index (χ1) is 19.0. The molecule has 0 aromatic heterocycles. The third-order valence-electron chi connectivity index (χ3n) is 7.91. The number of esters is 2. The second-order valence-corrected chi connectivity index (χ2v) is 10.4. The third kappa shape index (κ3) is 5.18. The number of rotatable bonds is 12. The summed E-state index contributed by atoms with van der Waals surface area (Å²) < 4.78 is 32.7. The van der Waals surface area contributed by atoms with E-state index in [1.165, 1.54) is 0 Å². The van der Waals surface area contributed by atoms with Gasteiger partial charge in [-0.15, -0.1) is 0 Å². The Morgan fingerprint density at radius 2 is 1.26 bits per heavy atom. The second-order valence-electron chi connectivity index (χ2n) is 10.4. The van der Waals surface area contributed by atoms with Crippen LogP contribution in [0.1, 0.15) is 36.8 Å². The second kappa shape index (κ2) is 10.5. The Balaban J connectivity index is 1.42. The molecule has 0 spiro atoms. The van der Waals surface area contributed by atoms with Gasteiger partial charge >= 0.3 is 11.9 Å². The number of carbonyl (C=O) groups excluding carboxylic acids is 2. The predicted molar refractivity (Wildman–Crippen MR) is 143 cm³/mol. The van der Waals surface area contributed by atoms with Crippen molar-refractivity contribution in [2.75, 3.05) is 40.6 Å². The molecular weight excluding hydrogens is 500 g/mol. The van der Waals surface area contributed by atoms with Gasteiger partial charge in [-0.25, -0.2) is 0 Å². The van der Waals surface area contributed by atoms with Crippen molar-refractivity contribution in [2.24, 2.45) is 0 Å². The summed E-state index contributed by atoms with van der Waals surface area (Å²) in [5.41, 5.74) is 3.50. The van der Waals surface area contributed by atoms with Crippen LogP contribution in [0.4, 0.5) is 0 Å². The lowest BCUT2D eigenvalue weighted by molar-refractivity contribution is -0.144. The number of benzene rings is 3. The van der Waals surface area contributed by atoms with Crippen molar-refractivity contribution in [3.8, 4) is 22.6 Å². The fourth-order valence-corrected chi connectivity index (χ4v) is 5.64. The van der Waals surface area contributed by atoms with Crippen LogP contribution < -0.4 is 9.47 Å². The molecule has 2 fully saturated rings. The number of epoxide rings is 2. The fraction of sp³-hybridized carbons (Fsp3) is 0.419. The Morgan fingerprint density at radius 3 is 1.79 bits per heavy atom. The van der Waals surface area contributed by atoms with E-state index in [2.05, 4.69) is 24.3 Å². The van der Waals surface area contributed by atoms with E-state index in [0.717, 1.165) is 33.0 Å². The van der Waals surface area contributed by atoms with Crippen LogP contribution in [0.25, 0.3) is 21.9 Å². The van der Waals surface area contributed by atoms with Crippen molar-refractivity contribution >= 4 is 22.7 Å². The number of carbonyl (C=O) groups is 2. The highest BCUT2D eigenvalue weighted by molar-refractivity contribution is 5.94. The summed E-state index contributed by atoms with van der Waals surface area (Å²) in [5.74, 6) is 0.656. The summed E-state index contributed by atoms with van der Waals surface area (Å²) in [6.07, 6.45) is 1.32. The van der Waals surface area contributed by atoms with E-state index in [1.54, 1.807) is 14.2 Å². The van der Waals surface area contributed by atoms with Crippen molar-refractivity contribution in [1.82, 2.24) is 0 Å². The van der Waals surface area contributed by atoms with Gasteiger partial charge in [0.2, 0.25) is 0 Å². The Labute approximate surface area is 227 Å². The zero-order valence-corrected chi connectivity index (χ0v) is 22.2. The maximum Gasteiger partial charge on any atom is 0.305 e. The molecule has 39 heavy (non-hydrogen) atoms. The van der Waals surface area contributed by atoms with Crippen molar-refractivity contribution in [1.29, 1.82) is 0 Å². The minimum atomic E-state index is -0.640. The first-order valence-electron chi connectivity index (χ1n) is 13.4. The molecule has 0 bridgehead atoms. The summed E-state index contributed by atoms with van der Waals surface area (Å²) in [6, 6.07) is 16.6. The molecule has 3 aromatic carbocycles. The molecule has 8 heteroatoms. The Bertz CT molecular complexity index is 1370. The maximum absolute atomic E-state index is 12.8. The first kappa shape index (κ1) is 25.6. The van der Waals surface area contributed by atoms with Gasteiger partial charge in [-0.1, -0.05) is 24.3 Å². The van der Waals surface area contributed by atoms with Crippen molar-refractivity contribution in [3.63, 3.8) is 0 Å². The lowest BCUT2D eigenvalue weighted by Gasteiger charge is -2.32. The Kier molecular flexibility index (Phi) is 6.91. The van der Waals surface area contributed by atoms with Gasteiger partial charge in [-0.2, -0.15) is 0 Å². The first-order valence-corrected chi connectivity index (χ1v) is 13.4. The van der Waals surface area contributed by atoms with E-state index >= 15 is 0 Å². The lowest BCUT2D eigenvalue weighted by Crippen LogP contribution is -2.28. The molecule has 2 heterocycles. The highest BCUT2D eigenvalue weighted by Crippen LogP contribution is 2.57. The van der Waals surface area contributed by atoms with Crippen LogP contribution in [0.2, 0.25) is 0 Å². The van der Waals surface area contributed by atoms with Crippen LogP contribution in [0.5, 0.6) is 11.5 Å². The van der Waals surface area contributed by atoms with Crippen LogP contribution in [0, 0.1) is 0 Å². The molecule has 0 saturated carbocycles. The molecule has 3 aliphatic rings. The van der Waals surface area contributed by atoms with E-state index < -0.39 is 5.41 Å². The molecule has 204 valence electrons. The predicted octanol–water partition coefficient (Wildman–Crippen LogP) is 4.57. The average molecular weight is 533 g/mol. The topological polar surface area (TPSA) is 96.1 Å².